The lowest BCUT2D eigenvalue weighted by atomic mass is 10.1. The minimum Gasteiger partial charge on any atom is -0.370 e. The Bertz CT molecular complexity index is 549. The second-order valence-electron chi connectivity index (χ2n) is 4.80. The number of carbonyl (C=O) groups excluding carboxylic acids is 1. The Morgan fingerprint density at radius 1 is 1.40 bits per heavy atom. The van der Waals surface area contributed by atoms with E-state index in [1.165, 1.54) is 11.9 Å². The van der Waals surface area contributed by atoms with Crippen LogP contribution in [0.15, 0.2) is 36.9 Å². The largest absolute Gasteiger partial charge is 0.370 e. The van der Waals surface area contributed by atoms with Crippen LogP contribution in [-0.4, -0.2) is 39.2 Å². The van der Waals surface area contributed by atoms with Crippen molar-refractivity contribution in [2.24, 2.45) is 5.73 Å². The van der Waals surface area contributed by atoms with E-state index in [2.05, 4.69) is 34.0 Å². The second kappa shape index (κ2) is 6.29. The van der Waals surface area contributed by atoms with Gasteiger partial charge in [0.05, 0.1) is 5.69 Å². The van der Waals surface area contributed by atoms with Crippen molar-refractivity contribution in [2.75, 3.05) is 13.6 Å². The number of amides is 1. The van der Waals surface area contributed by atoms with Gasteiger partial charge in [0, 0.05) is 19.0 Å². The van der Waals surface area contributed by atoms with E-state index in [-0.39, 0.29) is 11.9 Å². The molecule has 2 rings (SSSR count). The summed E-state index contributed by atoms with van der Waals surface area (Å²) in [6.45, 7) is 2.76. The number of nitrogens with zero attached hydrogens (tertiary/aromatic N) is 4. The topological polar surface area (TPSA) is 77.0 Å². The summed E-state index contributed by atoms with van der Waals surface area (Å²) in [7, 11) is 1.99. The van der Waals surface area contributed by atoms with Gasteiger partial charge in [-0.2, -0.15) is 5.10 Å². The van der Waals surface area contributed by atoms with Crippen molar-refractivity contribution in [2.45, 2.75) is 19.4 Å². The lowest BCUT2D eigenvalue weighted by Crippen LogP contribution is -2.27. The molecule has 0 aliphatic rings. The molecule has 1 amide bonds. The van der Waals surface area contributed by atoms with Crippen molar-refractivity contribution in [1.82, 2.24) is 19.7 Å². The number of primary amides is 1. The monoisotopic (exact) mass is 273 g/mol. The van der Waals surface area contributed by atoms with Crippen LogP contribution in [0.2, 0.25) is 0 Å². The highest BCUT2D eigenvalue weighted by Gasteiger charge is 2.12. The van der Waals surface area contributed by atoms with Gasteiger partial charge in [-0.05, 0) is 31.7 Å². The number of hydrogen-bond acceptors (Lipinski definition) is 4. The molecule has 0 saturated heterocycles. The summed E-state index contributed by atoms with van der Waals surface area (Å²) in [5.74, 6) is -0.273. The van der Waals surface area contributed by atoms with Crippen LogP contribution in [0.25, 0.3) is 5.69 Å². The summed E-state index contributed by atoms with van der Waals surface area (Å²) >= 11 is 0. The summed E-state index contributed by atoms with van der Waals surface area (Å²) in [5.41, 5.74) is 7.32. The highest BCUT2D eigenvalue weighted by molar-refractivity contribution is 5.73. The average Bonchev–Trinajstić information content (AvgIpc) is 2.98. The van der Waals surface area contributed by atoms with Crippen LogP contribution >= 0.6 is 0 Å². The first-order chi connectivity index (χ1) is 9.58. The number of hydrogen-bond donors (Lipinski definition) is 1. The van der Waals surface area contributed by atoms with Gasteiger partial charge in [0.15, 0.2) is 0 Å². The van der Waals surface area contributed by atoms with Crippen LogP contribution in [0.1, 0.15) is 24.9 Å². The first-order valence-electron chi connectivity index (χ1n) is 6.51. The van der Waals surface area contributed by atoms with E-state index in [0.29, 0.717) is 13.0 Å². The Labute approximate surface area is 118 Å². The first kappa shape index (κ1) is 14.2. The van der Waals surface area contributed by atoms with E-state index in [1.54, 1.807) is 11.0 Å². The summed E-state index contributed by atoms with van der Waals surface area (Å²) in [6, 6.07) is 8.34. The van der Waals surface area contributed by atoms with E-state index < -0.39 is 0 Å². The highest BCUT2D eigenvalue weighted by Crippen LogP contribution is 2.20. The van der Waals surface area contributed by atoms with Gasteiger partial charge >= 0.3 is 0 Å². The molecule has 1 unspecified atom stereocenters. The molecular formula is C14H19N5O. The zero-order valence-electron chi connectivity index (χ0n) is 11.7. The highest BCUT2D eigenvalue weighted by atomic mass is 16.1. The fourth-order valence-electron chi connectivity index (χ4n) is 1.98. The van der Waals surface area contributed by atoms with Gasteiger partial charge in [-0.3, -0.25) is 9.69 Å². The van der Waals surface area contributed by atoms with Crippen LogP contribution in [0.5, 0.6) is 0 Å². The van der Waals surface area contributed by atoms with Crippen molar-refractivity contribution in [1.29, 1.82) is 0 Å². The fourth-order valence-corrected chi connectivity index (χ4v) is 1.98. The van der Waals surface area contributed by atoms with Gasteiger partial charge in [0.2, 0.25) is 5.91 Å². The van der Waals surface area contributed by atoms with E-state index in [9.17, 15) is 4.79 Å². The number of carbonyl (C=O) groups is 1. The average molecular weight is 273 g/mol. The Morgan fingerprint density at radius 2 is 2.10 bits per heavy atom. The minimum atomic E-state index is -0.273. The van der Waals surface area contributed by atoms with Crippen LogP contribution < -0.4 is 5.73 Å². The molecule has 0 aliphatic heterocycles. The molecular weight excluding hydrogens is 254 g/mol. The van der Waals surface area contributed by atoms with Gasteiger partial charge in [0.1, 0.15) is 12.7 Å². The number of nitrogens with two attached hydrogens (primary N) is 1. The summed E-state index contributed by atoms with van der Waals surface area (Å²) in [4.78, 5) is 16.9. The van der Waals surface area contributed by atoms with Crippen molar-refractivity contribution >= 4 is 5.91 Å². The molecule has 2 N–H and O–H groups in total. The Kier molecular flexibility index (Phi) is 4.47. The van der Waals surface area contributed by atoms with E-state index in [1.807, 2.05) is 19.2 Å². The molecule has 1 aromatic carbocycles. The van der Waals surface area contributed by atoms with Crippen LogP contribution in [0, 0.1) is 0 Å². The van der Waals surface area contributed by atoms with E-state index in [4.69, 9.17) is 5.73 Å². The van der Waals surface area contributed by atoms with Crippen molar-refractivity contribution in [3.8, 4) is 5.69 Å². The molecule has 106 valence electrons. The van der Waals surface area contributed by atoms with Gasteiger partial charge in [-0.1, -0.05) is 12.1 Å². The second-order valence-corrected chi connectivity index (χ2v) is 4.80. The van der Waals surface area contributed by atoms with Crippen molar-refractivity contribution in [3.05, 3.63) is 42.5 Å². The van der Waals surface area contributed by atoms with Gasteiger partial charge in [0.25, 0.3) is 0 Å². The number of rotatable bonds is 6. The molecule has 0 spiro atoms. The maximum Gasteiger partial charge on any atom is 0.218 e. The third-order valence-corrected chi connectivity index (χ3v) is 3.43. The van der Waals surface area contributed by atoms with Gasteiger partial charge in [-0.15, -0.1) is 0 Å². The summed E-state index contributed by atoms with van der Waals surface area (Å²) in [5, 5.41) is 4.09. The fraction of sp³-hybridized carbons (Fsp3) is 0.357. The van der Waals surface area contributed by atoms with Crippen molar-refractivity contribution in [3.63, 3.8) is 0 Å². The molecule has 0 saturated carbocycles. The quantitative estimate of drug-likeness (QED) is 0.856. The lowest BCUT2D eigenvalue weighted by molar-refractivity contribution is -0.118. The zero-order valence-corrected chi connectivity index (χ0v) is 11.7. The Morgan fingerprint density at radius 3 is 2.65 bits per heavy atom. The lowest BCUT2D eigenvalue weighted by Gasteiger charge is -2.24. The molecule has 0 radical (unpaired) electrons. The summed E-state index contributed by atoms with van der Waals surface area (Å²) in [6.07, 6.45) is 3.55. The molecule has 0 aliphatic carbocycles. The molecule has 20 heavy (non-hydrogen) atoms. The Hall–Kier alpha value is -2.21. The Balaban J connectivity index is 2.03. The van der Waals surface area contributed by atoms with Gasteiger partial charge in [-0.25, -0.2) is 9.67 Å². The maximum absolute atomic E-state index is 10.8. The normalized spacial score (nSPS) is 12.6. The predicted octanol–water partition coefficient (Wildman–Crippen LogP) is 1.14. The molecule has 1 atom stereocenters. The van der Waals surface area contributed by atoms with Crippen molar-refractivity contribution < 1.29 is 4.79 Å². The molecule has 0 fully saturated rings. The summed E-state index contributed by atoms with van der Waals surface area (Å²) < 4.78 is 1.71. The van der Waals surface area contributed by atoms with E-state index >= 15 is 0 Å². The number of benzene rings is 1. The maximum atomic E-state index is 10.8. The standard InChI is InChI=1S/C14H19N5O/c1-11(18(2)8-7-14(15)20)12-3-5-13(6-4-12)19-10-16-9-17-19/h3-6,9-11H,7-8H2,1-2H3,(H2,15,20). The van der Waals surface area contributed by atoms with Crippen LogP contribution in [-0.2, 0) is 4.79 Å². The molecule has 6 nitrogen and oxygen atoms in total. The molecule has 1 aromatic heterocycles. The van der Waals surface area contributed by atoms with Crippen LogP contribution in [0.3, 0.4) is 0 Å². The molecule has 0 bridgehead atoms. The SMILES string of the molecule is CC(c1ccc(-n2cncn2)cc1)N(C)CCC(N)=O. The first-order valence-corrected chi connectivity index (χ1v) is 6.51. The smallest absolute Gasteiger partial charge is 0.218 e. The minimum absolute atomic E-state index is 0.221. The predicted molar refractivity (Wildman–Crippen MR) is 76.2 cm³/mol. The third kappa shape index (κ3) is 3.42. The van der Waals surface area contributed by atoms with Crippen LogP contribution in [0.4, 0.5) is 0 Å². The molecule has 6 heteroatoms. The molecule has 1 heterocycles. The van der Waals surface area contributed by atoms with E-state index in [0.717, 1.165) is 5.69 Å². The third-order valence-electron chi connectivity index (χ3n) is 3.43. The zero-order chi connectivity index (χ0) is 14.5. The van der Waals surface area contributed by atoms with Gasteiger partial charge < -0.3 is 5.73 Å². The molecule has 2 aromatic rings. The number of aromatic nitrogens is 3.